The van der Waals surface area contributed by atoms with E-state index in [-0.39, 0.29) is 12.3 Å². The van der Waals surface area contributed by atoms with Gasteiger partial charge in [-0.2, -0.15) is 13.2 Å². The molecule has 1 amide bonds. The van der Waals surface area contributed by atoms with Crippen LogP contribution in [-0.2, 0) is 4.79 Å². The molecule has 0 spiro atoms. The van der Waals surface area contributed by atoms with E-state index in [0.29, 0.717) is 37.4 Å². The van der Waals surface area contributed by atoms with E-state index in [1.165, 1.54) is 12.8 Å². The zero-order chi connectivity index (χ0) is 14.6. The standard InChI is InChI=1S/C14H23F3N2O/c15-14(16,17)5-1-2-6-18-13(20)9-10-7-11-3-4-12(8-10)19-11/h10-12,19H,1-9H2,(H,18,20). The second-order valence-corrected chi connectivity index (χ2v) is 6.10. The molecule has 2 aliphatic heterocycles. The zero-order valence-corrected chi connectivity index (χ0v) is 11.6. The summed E-state index contributed by atoms with van der Waals surface area (Å²) in [6, 6.07) is 1.14. The molecule has 0 radical (unpaired) electrons. The first kappa shape index (κ1) is 15.6. The minimum Gasteiger partial charge on any atom is -0.356 e. The highest BCUT2D eigenvalue weighted by Crippen LogP contribution is 2.32. The average molecular weight is 292 g/mol. The van der Waals surface area contributed by atoms with Crippen LogP contribution >= 0.6 is 0 Å². The maximum absolute atomic E-state index is 11.9. The van der Waals surface area contributed by atoms with Gasteiger partial charge >= 0.3 is 6.18 Å². The lowest BCUT2D eigenvalue weighted by Gasteiger charge is -2.28. The average Bonchev–Trinajstić information content (AvgIpc) is 2.67. The third-order valence-electron chi connectivity index (χ3n) is 4.25. The first-order chi connectivity index (χ1) is 9.42. The normalized spacial score (nSPS) is 29.4. The number of alkyl halides is 3. The summed E-state index contributed by atoms with van der Waals surface area (Å²) in [5.41, 5.74) is 0. The molecule has 0 aliphatic carbocycles. The van der Waals surface area contributed by atoms with Crippen molar-refractivity contribution in [3.05, 3.63) is 0 Å². The van der Waals surface area contributed by atoms with Gasteiger partial charge in [0.15, 0.2) is 0 Å². The van der Waals surface area contributed by atoms with Gasteiger partial charge in [-0.1, -0.05) is 0 Å². The van der Waals surface area contributed by atoms with Crippen molar-refractivity contribution in [3.8, 4) is 0 Å². The first-order valence-corrected chi connectivity index (χ1v) is 7.52. The monoisotopic (exact) mass is 292 g/mol. The molecule has 2 bridgehead atoms. The molecule has 2 aliphatic rings. The second-order valence-electron chi connectivity index (χ2n) is 6.10. The van der Waals surface area contributed by atoms with Gasteiger partial charge in [-0.05, 0) is 44.4 Å². The molecule has 2 N–H and O–H groups in total. The molecule has 0 saturated carbocycles. The van der Waals surface area contributed by atoms with Crippen molar-refractivity contribution in [2.24, 2.45) is 5.92 Å². The maximum atomic E-state index is 11.9. The van der Waals surface area contributed by atoms with Crippen LogP contribution in [0.25, 0.3) is 0 Å². The summed E-state index contributed by atoms with van der Waals surface area (Å²) < 4.78 is 35.8. The summed E-state index contributed by atoms with van der Waals surface area (Å²) >= 11 is 0. The van der Waals surface area contributed by atoms with Crippen molar-refractivity contribution < 1.29 is 18.0 Å². The van der Waals surface area contributed by atoms with E-state index in [2.05, 4.69) is 10.6 Å². The summed E-state index contributed by atoms with van der Waals surface area (Å²) in [5, 5.41) is 6.27. The predicted molar refractivity (Wildman–Crippen MR) is 70.2 cm³/mol. The Morgan fingerprint density at radius 1 is 1.15 bits per heavy atom. The molecule has 2 rings (SSSR count). The Hall–Kier alpha value is -0.780. The van der Waals surface area contributed by atoms with Crippen LogP contribution in [0.15, 0.2) is 0 Å². The molecule has 6 heteroatoms. The Kier molecular flexibility index (Phi) is 5.29. The van der Waals surface area contributed by atoms with Gasteiger partial charge in [0.1, 0.15) is 0 Å². The predicted octanol–water partition coefficient (Wildman–Crippen LogP) is 2.76. The summed E-state index contributed by atoms with van der Waals surface area (Å²) in [4.78, 5) is 11.8. The van der Waals surface area contributed by atoms with Gasteiger partial charge in [0.05, 0.1) is 0 Å². The van der Waals surface area contributed by atoms with Gasteiger partial charge in [0.2, 0.25) is 5.91 Å². The lowest BCUT2D eigenvalue weighted by molar-refractivity contribution is -0.135. The Bertz CT molecular complexity index is 321. The Balaban J connectivity index is 1.54. The number of halogens is 3. The minimum absolute atomic E-state index is 0.0108. The van der Waals surface area contributed by atoms with Crippen LogP contribution in [-0.4, -0.2) is 30.7 Å². The highest BCUT2D eigenvalue weighted by Gasteiger charge is 2.34. The number of unbranched alkanes of at least 4 members (excludes halogenated alkanes) is 1. The van der Waals surface area contributed by atoms with Crippen molar-refractivity contribution in [3.63, 3.8) is 0 Å². The van der Waals surface area contributed by atoms with Crippen molar-refractivity contribution in [2.45, 2.75) is 69.6 Å². The quantitative estimate of drug-likeness (QED) is 0.739. The molecule has 2 unspecified atom stereocenters. The SMILES string of the molecule is O=C(CC1CC2CCC(C1)N2)NCCCCC(F)(F)F. The van der Waals surface area contributed by atoms with Crippen LogP contribution < -0.4 is 10.6 Å². The van der Waals surface area contributed by atoms with Crippen molar-refractivity contribution >= 4 is 5.91 Å². The third kappa shape index (κ3) is 5.31. The van der Waals surface area contributed by atoms with Crippen LogP contribution in [0.5, 0.6) is 0 Å². The number of hydrogen-bond acceptors (Lipinski definition) is 2. The van der Waals surface area contributed by atoms with Crippen LogP contribution in [0.4, 0.5) is 13.2 Å². The van der Waals surface area contributed by atoms with Gasteiger partial charge in [-0.3, -0.25) is 4.79 Å². The van der Waals surface area contributed by atoms with Crippen molar-refractivity contribution in [1.29, 1.82) is 0 Å². The molecule has 2 fully saturated rings. The highest BCUT2D eigenvalue weighted by atomic mass is 19.4. The fourth-order valence-electron chi connectivity index (χ4n) is 3.35. The van der Waals surface area contributed by atoms with Gasteiger partial charge < -0.3 is 10.6 Å². The highest BCUT2D eigenvalue weighted by molar-refractivity contribution is 5.76. The molecule has 0 aromatic carbocycles. The topological polar surface area (TPSA) is 41.1 Å². The maximum Gasteiger partial charge on any atom is 0.389 e. The fourth-order valence-corrected chi connectivity index (χ4v) is 3.35. The molecular weight excluding hydrogens is 269 g/mol. The number of carbonyl (C=O) groups is 1. The molecule has 116 valence electrons. The molecule has 3 nitrogen and oxygen atoms in total. The molecule has 2 saturated heterocycles. The lowest BCUT2D eigenvalue weighted by Crippen LogP contribution is -2.39. The first-order valence-electron chi connectivity index (χ1n) is 7.52. The van der Waals surface area contributed by atoms with E-state index in [1.54, 1.807) is 0 Å². The van der Waals surface area contributed by atoms with Crippen molar-refractivity contribution in [1.82, 2.24) is 10.6 Å². The van der Waals surface area contributed by atoms with Crippen molar-refractivity contribution in [2.75, 3.05) is 6.54 Å². The third-order valence-corrected chi connectivity index (χ3v) is 4.25. The number of amides is 1. The number of carbonyl (C=O) groups excluding carboxylic acids is 1. The Morgan fingerprint density at radius 3 is 2.40 bits per heavy atom. The molecule has 0 aromatic heterocycles. The number of rotatable bonds is 6. The number of piperidine rings is 1. The summed E-state index contributed by atoms with van der Waals surface area (Å²) in [7, 11) is 0. The summed E-state index contributed by atoms with van der Waals surface area (Å²) in [6.07, 6.45) is 0.674. The smallest absolute Gasteiger partial charge is 0.356 e. The van der Waals surface area contributed by atoms with E-state index in [0.717, 1.165) is 12.8 Å². The van der Waals surface area contributed by atoms with Crippen LogP contribution in [0, 0.1) is 5.92 Å². The number of nitrogens with one attached hydrogen (secondary N) is 2. The largest absolute Gasteiger partial charge is 0.389 e. The summed E-state index contributed by atoms with van der Waals surface area (Å²) in [6.45, 7) is 0.354. The van der Waals surface area contributed by atoms with Gasteiger partial charge in [0.25, 0.3) is 0 Å². The molecular formula is C14H23F3N2O. The van der Waals surface area contributed by atoms with E-state index < -0.39 is 12.6 Å². The second kappa shape index (κ2) is 6.78. The van der Waals surface area contributed by atoms with E-state index >= 15 is 0 Å². The van der Waals surface area contributed by atoms with E-state index in [1.807, 2.05) is 0 Å². The van der Waals surface area contributed by atoms with Crippen LogP contribution in [0.3, 0.4) is 0 Å². The van der Waals surface area contributed by atoms with E-state index in [4.69, 9.17) is 0 Å². The number of fused-ring (bicyclic) bond motifs is 2. The summed E-state index contributed by atoms with van der Waals surface area (Å²) in [5.74, 6) is 0.423. The van der Waals surface area contributed by atoms with Crippen LogP contribution in [0.1, 0.15) is 51.4 Å². The van der Waals surface area contributed by atoms with Gasteiger partial charge in [-0.15, -0.1) is 0 Å². The lowest BCUT2D eigenvalue weighted by atomic mass is 9.89. The Morgan fingerprint density at radius 2 is 1.80 bits per heavy atom. The molecule has 20 heavy (non-hydrogen) atoms. The molecule has 2 atom stereocenters. The fraction of sp³-hybridized carbons (Fsp3) is 0.929. The van der Waals surface area contributed by atoms with Gasteiger partial charge in [0, 0.05) is 31.5 Å². The Labute approximate surface area is 117 Å². The van der Waals surface area contributed by atoms with E-state index in [9.17, 15) is 18.0 Å². The molecule has 0 aromatic rings. The minimum atomic E-state index is -4.08. The number of hydrogen-bond donors (Lipinski definition) is 2. The molecule has 2 heterocycles. The van der Waals surface area contributed by atoms with Crippen LogP contribution in [0.2, 0.25) is 0 Å². The zero-order valence-electron chi connectivity index (χ0n) is 11.6. The van der Waals surface area contributed by atoms with Gasteiger partial charge in [-0.25, -0.2) is 0 Å².